The van der Waals surface area contributed by atoms with Gasteiger partial charge in [0.05, 0.1) is 0 Å². The Bertz CT molecular complexity index is 382. The summed E-state index contributed by atoms with van der Waals surface area (Å²) in [4.78, 5) is 10.3. The largest absolute Gasteiger partial charge is 0.481 e. The lowest BCUT2D eigenvalue weighted by atomic mass is 9.80. The van der Waals surface area contributed by atoms with Crippen LogP contribution in [0.25, 0.3) is 0 Å². The molecule has 1 fully saturated rings. The molecule has 2 rings (SSSR count). The fourth-order valence-electron chi connectivity index (χ4n) is 2.25. The van der Waals surface area contributed by atoms with Gasteiger partial charge in [0.2, 0.25) is 0 Å². The molecule has 0 heterocycles. The van der Waals surface area contributed by atoms with Crippen molar-refractivity contribution in [1.82, 2.24) is 5.32 Å². The van der Waals surface area contributed by atoms with E-state index in [1.807, 2.05) is 0 Å². The Hall–Kier alpha value is -1.35. The zero-order chi connectivity index (χ0) is 12.8. The van der Waals surface area contributed by atoms with Crippen LogP contribution in [-0.4, -0.2) is 17.6 Å². The standard InChI is InChI=1S/C15H21NO2/c17-15(18)5-2-10-16-11-12-6-8-14(9-7-12)13-3-1-4-13/h6-9,13,16H,1-5,10-11H2,(H,17,18). The lowest BCUT2D eigenvalue weighted by molar-refractivity contribution is -0.137. The van der Waals surface area contributed by atoms with Crippen LogP contribution in [0.5, 0.6) is 0 Å². The maximum absolute atomic E-state index is 10.3. The molecule has 1 aliphatic carbocycles. The lowest BCUT2D eigenvalue weighted by Gasteiger charge is -2.25. The number of carboxylic acids is 1. The molecule has 1 aromatic rings. The molecule has 0 atom stereocenters. The third kappa shape index (κ3) is 3.84. The fraction of sp³-hybridized carbons (Fsp3) is 0.533. The van der Waals surface area contributed by atoms with Crippen LogP contribution >= 0.6 is 0 Å². The van der Waals surface area contributed by atoms with E-state index in [0.717, 1.165) is 19.0 Å². The molecule has 18 heavy (non-hydrogen) atoms. The molecule has 0 aromatic heterocycles. The minimum Gasteiger partial charge on any atom is -0.481 e. The van der Waals surface area contributed by atoms with Gasteiger partial charge in [0.15, 0.2) is 0 Å². The normalized spacial score (nSPS) is 15.3. The number of carbonyl (C=O) groups is 1. The van der Waals surface area contributed by atoms with E-state index in [2.05, 4.69) is 29.6 Å². The summed E-state index contributed by atoms with van der Waals surface area (Å²) in [5.74, 6) is 0.0734. The first-order valence-corrected chi connectivity index (χ1v) is 6.77. The molecular weight excluding hydrogens is 226 g/mol. The highest BCUT2D eigenvalue weighted by atomic mass is 16.4. The van der Waals surface area contributed by atoms with Gasteiger partial charge in [-0.15, -0.1) is 0 Å². The Kier molecular flexibility index (Phi) is 4.76. The molecule has 1 saturated carbocycles. The summed E-state index contributed by atoms with van der Waals surface area (Å²) < 4.78 is 0. The highest BCUT2D eigenvalue weighted by Crippen LogP contribution is 2.36. The minimum atomic E-state index is -0.721. The molecule has 0 bridgehead atoms. The second kappa shape index (κ2) is 6.55. The molecule has 1 aliphatic rings. The second-order valence-electron chi connectivity index (χ2n) is 5.04. The van der Waals surface area contributed by atoms with Crippen molar-refractivity contribution in [3.63, 3.8) is 0 Å². The number of hydrogen-bond donors (Lipinski definition) is 2. The van der Waals surface area contributed by atoms with Crippen molar-refractivity contribution in [2.45, 2.75) is 44.6 Å². The van der Waals surface area contributed by atoms with Gasteiger partial charge in [-0.3, -0.25) is 4.79 Å². The van der Waals surface area contributed by atoms with E-state index in [-0.39, 0.29) is 6.42 Å². The molecule has 98 valence electrons. The predicted octanol–water partition coefficient (Wildman–Crippen LogP) is 2.91. The molecule has 2 N–H and O–H groups in total. The van der Waals surface area contributed by atoms with Crippen LogP contribution in [0.2, 0.25) is 0 Å². The average molecular weight is 247 g/mol. The summed E-state index contributed by atoms with van der Waals surface area (Å²) in [5, 5.41) is 11.8. The predicted molar refractivity (Wildman–Crippen MR) is 71.6 cm³/mol. The van der Waals surface area contributed by atoms with Gasteiger partial charge in [0.25, 0.3) is 0 Å². The van der Waals surface area contributed by atoms with E-state index >= 15 is 0 Å². The summed E-state index contributed by atoms with van der Waals surface area (Å²) in [6.07, 6.45) is 4.99. The monoisotopic (exact) mass is 247 g/mol. The fourth-order valence-corrected chi connectivity index (χ4v) is 2.25. The Balaban J connectivity index is 1.68. The maximum Gasteiger partial charge on any atom is 0.303 e. The van der Waals surface area contributed by atoms with Crippen LogP contribution in [0, 0.1) is 0 Å². The first-order chi connectivity index (χ1) is 8.75. The molecule has 3 nitrogen and oxygen atoms in total. The van der Waals surface area contributed by atoms with E-state index in [1.54, 1.807) is 0 Å². The van der Waals surface area contributed by atoms with Crippen LogP contribution in [0.15, 0.2) is 24.3 Å². The average Bonchev–Trinajstić information content (AvgIpc) is 2.28. The van der Waals surface area contributed by atoms with Gasteiger partial charge in [0, 0.05) is 13.0 Å². The number of carboxylic acid groups (broad SMARTS) is 1. The van der Waals surface area contributed by atoms with E-state index in [9.17, 15) is 4.79 Å². The summed E-state index contributed by atoms with van der Waals surface area (Å²) >= 11 is 0. The third-order valence-corrected chi connectivity index (χ3v) is 3.63. The maximum atomic E-state index is 10.3. The van der Waals surface area contributed by atoms with Crippen LogP contribution in [0.3, 0.4) is 0 Å². The Morgan fingerprint density at radius 1 is 1.28 bits per heavy atom. The summed E-state index contributed by atoms with van der Waals surface area (Å²) in [6.45, 7) is 1.58. The van der Waals surface area contributed by atoms with Crippen LogP contribution in [-0.2, 0) is 11.3 Å². The third-order valence-electron chi connectivity index (χ3n) is 3.63. The molecule has 0 aliphatic heterocycles. The van der Waals surface area contributed by atoms with Crippen molar-refractivity contribution < 1.29 is 9.90 Å². The van der Waals surface area contributed by atoms with Gasteiger partial charge in [-0.25, -0.2) is 0 Å². The van der Waals surface area contributed by atoms with Gasteiger partial charge < -0.3 is 10.4 Å². The lowest BCUT2D eigenvalue weighted by Crippen LogP contribution is -2.16. The molecular formula is C15H21NO2. The van der Waals surface area contributed by atoms with E-state index in [1.165, 1.54) is 30.4 Å². The van der Waals surface area contributed by atoms with E-state index in [4.69, 9.17) is 5.11 Å². The van der Waals surface area contributed by atoms with Crippen LogP contribution < -0.4 is 5.32 Å². The Morgan fingerprint density at radius 2 is 2.00 bits per heavy atom. The number of rotatable bonds is 7. The quantitative estimate of drug-likeness (QED) is 0.728. The molecule has 3 heteroatoms. The SMILES string of the molecule is O=C(O)CCCNCc1ccc(C2CCC2)cc1. The smallest absolute Gasteiger partial charge is 0.303 e. The highest BCUT2D eigenvalue weighted by molar-refractivity contribution is 5.66. The second-order valence-corrected chi connectivity index (χ2v) is 5.04. The van der Waals surface area contributed by atoms with E-state index in [0.29, 0.717) is 6.42 Å². The zero-order valence-corrected chi connectivity index (χ0v) is 10.7. The molecule has 0 spiro atoms. The van der Waals surface area contributed by atoms with Crippen molar-refractivity contribution in [3.05, 3.63) is 35.4 Å². The number of aliphatic carboxylic acids is 1. The first-order valence-electron chi connectivity index (χ1n) is 6.77. The van der Waals surface area contributed by atoms with Gasteiger partial charge >= 0.3 is 5.97 Å². The number of nitrogens with one attached hydrogen (secondary N) is 1. The summed E-state index contributed by atoms with van der Waals surface area (Å²) in [7, 11) is 0. The van der Waals surface area contributed by atoms with Gasteiger partial charge in [-0.05, 0) is 42.9 Å². The Labute approximate surface area is 108 Å². The van der Waals surface area contributed by atoms with Crippen LogP contribution in [0.4, 0.5) is 0 Å². The topological polar surface area (TPSA) is 49.3 Å². The van der Waals surface area contributed by atoms with Gasteiger partial charge in [0.1, 0.15) is 0 Å². The van der Waals surface area contributed by atoms with Crippen LogP contribution in [0.1, 0.15) is 49.1 Å². The molecule has 0 unspecified atom stereocenters. The first kappa shape index (κ1) is 13.1. The Morgan fingerprint density at radius 3 is 2.56 bits per heavy atom. The van der Waals surface area contributed by atoms with Crippen molar-refractivity contribution >= 4 is 5.97 Å². The summed E-state index contributed by atoms with van der Waals surface area (Å²) in [5.41, 5.74) is 2.74. The molecule has 0 radical (unpaired) electrons. The minimum absolute atomic E-state index is 0.244. The molecule has 0 saturated heterocycles. The summed E-state index contributed by atoms with van der Waals surface area (Å²) in [6, 6.07) is 8.83. The molecule has 1 aromatic carbocycles. The van der Waals surface area contributed by atoms with Crippen molar-refractivity contribution in [2.75, 3.05) is 6.54 Å². The number of hydrogen-bond acceptors (Lipinski definition) is 2. The zero-order valence-electron chi connectivity index (χ0n) is 10.7. The van der Waals surface area contributed by atoms with Crippen molar-refractivity contribution in [2.24, 2.45) is 0 Å². The highest BCUT2D eigenvalue weighted by Gasteiger charge is 2.18. The van der Waals surface area contributed by atoms with Crippen molar-refractivity contribution in [3.8, 4) is 0 Å². The molecule has 0 amide bonds. The van der Waals surface area contributed by atoms with Gasteiger partial charge in [-0.1, -0.05) is 30.7 Å². The van der Waals surface area contributed by atoms with Crippen molar-refractivity contribution in [1.29, 1.82) is 0 Å². The number of benzene rings is 1. The van der Waals surface area contributed by atoms with Gasteiger partial charge in [-0.2, -0.15) is 0 Å². The van der Waals surface area contributed by atoms with E-state index < -0.39 is 5.97 Å².